The van der Waals surface area contributed by atoms with Crippen LogP contribution in [0.3, 0.4) is 0 Å². The lowest BCUT2D eigenvalue weighted by atomic mass is 9.75. The van der Waals surface area contributed by atoms with E-state index in [9.17, 15) is 5.11 Å². The fourth-order valence-electron chi connectivity index (χ4n) is 2.91. The first-order chi connectivity index (χ1) is 10.2. The van der Waals surface area contributed by atoms with E-state index in [2.05, 4.69) is 20.6 Å². The van der Waals surface area contributed by atoms with Gasteiger partial charge in [-0.1, -0.05) is 0 Å². The highest BCUT2D eigenvalue weighted by atomic mass is 16.5. The van der Waals surface area contributed by atoms with Crippen LogP contribution in [-0.2, 0) is 7.05 Å². The maximum Gasteiger partial charge on any atom is 0.263 e. The molecule has 2 aliphatic rings. The summed E-state index contributed by atoms with van der Waals surface area (Å²) in [7, 11) is 1.90. The Kier molecular flexibility index (Phi) is 2.95. The molecule has 1 atom stereocenters. The molecule has 7 heteroatoms. The Morgan fingerprint density at radius 1 is 1.43 bits per heavy atom. The minimum atomic E-state index is -0.191. The molecule has 21 heavy (non-hydrogen) atoms. The number of aryl methyl sites for hydroxylation is 1. The van der Waals surface area contributed by atoms with Crippen LogP contribution in [0.5, 0.6) is 0 Å². The number of hydrogen-bond acceptors (Lipinski definition) is 6. The smallest absolute Gasteiger partial charge is 0.263 e. The molecular formula is C14H19N5O2. The maximum atomic E-state index is 9.57. The van der Waals surface area contributed by atoms with E-state index >= 15 is 0 Å². The molecule has 2 aromatic heterocycles. The van der Waals surface area contributed by atoms with Gasteiger partial charge in [0.25, 0.3) is 5.95 Å². The highest BCUT2D eigenvalue weighted by Gasteiger charge is 2.36. The zero-order chi connectivity index (χ0) is 14.4. The van der Waals surface area contributed by atoms with Crippen molar-refractivity contribution in [2.45, 2.75) is 43.7 Å². The van der Waals surface area contributed by atoms with Crippen LogP contribution in [0.4, 0.5) is 5.95 Å². The van der Waals surface area contributed by atoms with Gasteiger partial charge in [0.1, 0.15) is 0 Å². The lowest BCUT2D eigenvalue weighted by molar-refractivity contribution is 0.0338. The van der Waals surface area contributed by atoms with Crippen molar-refractivity contribution in [1.29, 1.82) is 0 Å². The van der Waals surface area contributed by atoms with Crippen molar-refractivity contribution < 1.29 is 9.63 Å². The number of hydrogen-bond donors (Lipinski definition) is 2. The van der Waals surface area contributed by atoms with Gasteiger partial charge >= 0.3 is 0 Å². The Balaban J connectivity index is 1.53. The van der Waals surface area contributed by atoms with Gasteiger partial charge in [0, 0.05) is 24.7 Å². The van der Waals surface area contributed by atoms with Crippen molar-refractivity contribution in [3.8, 4) is 0 Å². The van der Waals surface area contributed by atoms with E-state index < -0.39 is 0 Å². The summed E-state index contributed by atoms with van der Waals surface area (Å²) in [6, 6.07) is 0.0618. The molecule has 0 aliphatic heterocycles. The Labute approximate surface area is 122 Å². The van der Waals surface area contributed by atoms with Crippen LogP contribution in [0.2, 0.25) is 0 Å². The molecule has 112 valence electrons. The summed E-state index contributed by atoms with van der Waals surface area (Å²) < 4.78 is 7.07. The van der Waals surface area contributed by atoms with Gasteiger partial charge in [-0.25, -0.2) is 0 Å². The molecular weight excluding hydrogens is 270 g/mol. The number of anilines is 1. The normalized spacial score (nSPS) is 26.4. The number of nitrogens with zero attached hydrogens (tertiary/aromatic N) is 4. The molecule has 0 amide bonds. The zero-order valence-electron chi connectivity index (χ0n) is 11.9. The highest BCUT2D eigenvalue weighted by molar-refractivity contribution is 5.31. The first-order valence-electron chi connectivity index (χ1n) is 7.46. The summed E-state index contributed by atoms with van der Waals surface area (Å²) in [6.07, 6.45) is 7.52. The van der Waals surface area contributed by atoms with Crippen LogP contribution >= 0.6 is 0 Å². The van der Waals surface area contributed by atoms with Gasteiger partial charge in [0.2, 0.25) is 5.89 Å². The van der Waals surface area contributed by atoms with Crippen molar-refractivity contribution >= 4 is 5.95 Å². The molecule has 0 aromatic carbocycles. The zero-order valence-corrected chi connectivity index (χ0v) is 11.9. The fourth-order valence-corrected chi connectivity index (χ4v) is 2.91. The summed E-state index contributed by atoms with van der Waals surface area (Å²) in [6.45, 7) is 0. The monoisotopic (exact) mass is 289 g/mol. The first kappa shape index (κ1) is 12.8. The predicted octanol–water partition coefficient (Wildman–Crippen LogP) is 1.60. The largest absolute Gasteiger partial charge is 0.393 e. The van der Waals surface area contributed by atoms with Gasteiger partial charge in [-0.15, -0.1) is 0 Å². The quantitative estimate of drug-likeness (QED) is 0.869. The van der Waals surface area contributed by atoms with Crippen molar-refractivity contribution in [2.24, 2.45) is 13.0 Å². The average molecular weight is 289 g/mol. The fraction of sp³-hybridized carbons (Fsp3) is 0.643. The van der Waals surface area contributed by atoms with E-state index in [1.807, 2.05) is 19.4 Å². The number of nitrogens with one attached hydrogen (secondary N) is 1. The first-order valence-corrected chi connectivity index (χ1v) is 7.46. The van der Waals surface area contributed by atoms with Crippen LogP contribution in [-0.4, -0.2) is 31.1 Å². The van der Waals surface area contributed by atoms with Crippen LogP contribution in [0.25, 0.3) is 0 Å². The van der Waals surface area contributed by atoms with Crippen LogP contribution in [0.15, 0.2) is 16.9 Å². The second kappa shape index (κ2) is 4.84. The third-order valence-electron chi connectivity index (χ3n) is 4.36. The molecule has 0 bridgehead atoms. The molecule has 2 fully saturated rings. The Morgan fingerprint density at radius 2 is 2.24 bits per heavy atom. The third-order valence-corrected chi connectivity index (χ3v) is 4.36. The van der Waals surface area contributed by atoms with E-state index in [-0.39, 0.29) is 12.1 Å². The van der Waals surface area contributed by atoms with Gasteiger partial charge in [0.15, 0.2) is 0 Å². The standard InChI is InChI=1S/C14H19N5O2/c1-19-7-10(6-15-19)12(9-4-11(20)5-9)16-14-17-13(21-18-14)8-2-3-8/h6-9,11-12,20H,2-5H2,1H3,(H,16,18). The van der Waals surface area contributed by atoms with Crippen molar-refractivity contribution in [1.82, 2.24) is 19.9 Å². The lowest BCUT2D eigenvalue weighted by Crippen LogP contribution is -2.36. The SMILES string of the molecule is Cn1cc(C(Nc2noc(C3CC3)n2)C2CC(O)C2)cn1. The molecule has 1 unspecified atom stereocenters. The van der Waals surface area contributed by atoms with Crippen LogP contribution < -0.4 is 5.32 Å². The second-order valence-corrected chi connectivity index (χ2v) is 6.19. The number of aliphatic hydroxyl groups excluding tert-OH is 1. The van der Waals surface area contributed by atoms with E-state index in [0.717, 1.165) is 37.1 Å². The van der Waals surface area contributed by atoms with E-state index in [1.54, 1.807) is 4.68 Å². The molecule has 2 N–H and O–H groups in total. The topological polar surface area (TPSA) is 89.0 Å². The second-order valence-electron chi connectivity index (χ2n) is 6.19. The van der Waals surface area contributed by atoms with Gasteiger partial charge in [-0.3, -0.25) is 4.68 Å². The molecule has 2 aromatic rings. The highest BCUT2D eigenvalue weighted by Crippen LogP contribution is 2.41. The van der Waals surface area contributed by atoms with Crippen molar-refractivity contribution in [3.63, 3.8) is 0 Å². The van der Waals surface area contributed by atoms with Gasteiger partial charge in [0.05, 0.1) is 18.3 Å². The number of rotatable bonds is 5. The summed E-state index contributed by atoms with van der Waals surface area (Å²) in [5.41, 5.74) is 1.09. The summed E-state index contributed by atoms with van der Waals surface area (Å²) in [5.74, 6) is 2.09. The van der Waals surface area contributed by atoms with E-state index in [0.29, 0.717) is 17.8 Å². The van der Waals surface area contributed by atoms with Gasteiger partial charge < -0.3 is 14.9 Å². The van der Waals surface area contributed by atoms with E-state index in [4.69, 9.17) is 4.52 Å². The van der Waals surface area contributed by atoms with Crippen molar-refractivity contribution in [3.05, 3.63) is 23.8 Å². The van der Waals surface area contributed by atoms with Gasteiger partial charge in [-0.2, -0.15) is 10.1 Å². The Bertz CT molecular complexity index is 627. The molecule has 7 nitrogen and oxygen atoms in total. The third kappa shape index (κ3) is 2.53. The lowest BCUT2D eigenvalue weighted by Gasteiger charge is -2.37. The molecule has 0 saturated heterocycles. The molecule has 0 spiro atoms. The molecule has 2 saturated carbocycles. The average Bonchev–Trinajstić information content (AvgIpc) is 3.02. The number of aliphatic hydroxyl groups is 1. The number of aromatic nitrogens is 4. The predicted molar refractivity (Wildman–Crippen MR) is 74.6 cm³/mol. The Hall–Kier alpha value is -1.89. The Morgan fingerprint density at radius 3 is 2.86 bits per heavy atom. The minimum Gasteiger partial charge on any atom is -0.393 e. The van der Waals surface area contributed by atoms with Crippen LogP contribution in [0, 0.1) is 5.92 Å². The summed E-state index contributed by atoms with van der Waals surface area (Å²) in [4.78, 5) is 4.43. The summed E-state index contributed by atoms with van der Waals surface area (Å²) >= 11 is 0. The van der Waals surface area contributed by atoms with Gasteiger partial charge in [-0.05, 0) is 36.8 Å². The van der Waals surface area contributed by atoms with E-state index in [1.165, 1.54) is 0 Å². The molecule has 4 rings (SSSR count). The maximum absolute atomic E-state index is 9.57. The molecule has 2 aliphatic carbocycles. The minimum absolute atomic E-state index is 0.0618. The molecule has 0 radical (unpaired) electrons. The van der Waals surface area contributed by atoms with Crippen LogP contribution in [0.1, 0.15) is 49.1 Å². The summed E-state index contributed by atoms with van der Waals surface area (Å²) in [5, 5.41) is 21.2. The van der Waals surface area contributed by atoms with Crippen molar-refractivity contribution in [2.75, 3.05) is 5.32 Å². The molecule has 2 heterocycles.